The third kappa shape index (κ3) is 6.91. The number of rotatable bonds is 9. The number of benzene rings is 2. The molecular weight excluding hydrogens is 426 g/mol. The van der Waals surface area contributed by atoms with Crippen LogP contribution in [0.25, 0.3) is 0 Å². The van der Waals surface area contributed by atoms with Crippen LogP contribution in [0.4, 0.5) is 5.69 Å². The van der Waals surface area contributed by atoms with Gasteiger partial charge in [0.15, 0.2) is 8.32 Å². The van der Waals surface area contributed by atoms with Gasteiger partial charge in [-0.15, -0.1) is 0 Å². The number of anilines is 1. The number of hydrogen-bond donors (Lipinski definition) is 1. The lowest BCUT2D eigenvalue weighted by atomic mass is 10.1. The summed E-state index contributed by atoms with van der Waals surface area (Å²) in [5, 5.41) is 13.4. The van der Waals surface area contributed by atoms with E-state index in [1.54, 1.807) is 23.1 Å². The number of halogens is 1. The van der Waals surface area contributed by atoms with Crippen molar-refractivity contribution >= 4 is 31.5 Å². The van der Waals surface area contributed by atoms with Crippen molar-refractivity contribution < 1.29 is 9.22 Å². The molecule has 0 saturated heterocycles. The number of para-hydroxylation sites is 1. The van der Waals surface area contributed by atoms with Gasteiger partial charge in [0.05, 0.1) is 17.2 Å². The molecule has 0 fully saturated rings. The molecule has 0 spiro atoms. The average Bonchev–Trinajstić information content (AvgIpc) is 2.72. The lowest BCUT2D eigenvalue weighted by Gasteiger charge is -2.36. The Morgan fingerprint density at radius 1 is 1.16 bits per heavy atom. The van der Waals surface area contributed by atoms with Crippen molar-refractivity contribution in [2.45, 2.75) is 38.9 Å². The second kappa shape index (κ2) is 10.9. The summed E-state index contributed by atoms with van der Waals surface area (Å²) in [6, 6.07) is 16.3. The molecule has 31 heavy (non-hydrogen) atoms. The summed E-state index contributed by atoms with van der Waals surface area (Å²) in [6.45, 7) is 13.6. The Labute approximate surface area is 192 Å². The average molecular weight is 458 g/mol. The maximum absolute atomic E-state index is 13.3. The molecule has 0 unspecified atom stereocenters. The van der Waals surface area contributed by atoms with Crippen LogP contribution in [0, 0.1) is 11.3 Å². The number of hydrogen-bond acceptors (Lipinski definition) is 4. The minimum absolute atomic E-state index is 0.179. The van der Waals surface area contributed by atoms with Crippen LogP contribution in [0.1, 0.15) is 36.7 Å². The first-order valence-corrected chi connectivity index (χ1v) is 13.8. The molecule has 0 aromatic heterocycles. The van der Waals surface area contributed by atoms with Crippen molar-refractivity contribution in [3.63, 3.8) is 0 Å². The summed E-state index contributed by atoms with van der Waals surface area (Å²) in [4.78, 5) is 15.0. The van der Waals surface area contributed by atoms with Crippen molar-refractivity contribution in [3.8, 4) is 6.07 Å². The van der Waals surface area contributed by atoms with Gasteiger partial charge in [-0.3, -0.25) is 4.79 Å². The summed E-state index contributed by atoms with van der Waals surface area (Å²) >= 11 is 6.10. The van der Waals surface area contributed by atoms with Gasteiger partial charge in [0, 0.05) is 37.0 Å². The first-order chi connectivity index (χ1) is 14.6. The maximum atomic E-state index is 13.3. The van der Waals surface area contributed by atoms with E-state index in [-0.39, 0.29) is 10.9 Å². The summed E-state index contributed by atoms with van der Waals surface area (Å²) in [5.41, 5.74) is 1.39. The first-order valence-electron chi connectivity index (χ1n) is 10.5. The SMILES string of the molecule is CC(C)(C)[Si](C)(C)OCCNCCN(C(=O)c1cc(Cl)ccc1C#N)c1ccccc1. The lowest BCUT2D eigenvalue weighted by Crippen LogP contribution is -2.43. The molecule has 2 aromatic carbocycles. The molecule has 7 heteroatoms. The molecular formula is C24H32ClN3O2Si. The second-order valence-corrected chi connectivity index (χ2v) is 14.2. The van der Waals surface area contributed by atoms with Crippen LogP contribution in [0.3, 0.4) is 0 Å². The van der Waals surface area contributed by atoms with Gasteiger partial charge in [-0.1, -0.05) is 50.6 Å². The molecule has 0 radical (unpaired) electrons. The summed E-state index contributed by atoms with van der Waals surface area (Å²) in [7, 11) is -1.77. The van der Waals surface area contributed by atoms with Gasteiger partial charge in [-0.25, -0.2) is 0 Å². The van der Waals surface area contributed by atoms with Gasteiger partial charge in [-0.2, -0.15) is 5.26 Å². The van der Waals surface area contributed by atoms with Crippen LogP contribution in [-0.4, -0.2) is 40.5 Å². The smallest absolute Gasteiger partial charge is 0.259 e. The monoisotopic (exact) mass is 457 g/mol. The van der Waals surface area contributed by atoms with Crippen LogP contribution in [0.2, 0.25) is 23.2 Å². The van der Waals surface area contributed by atoms with E-state index >= 15 is 0 Å². The Hall–Kier alpha value is -2.17. The Kier molecular flexibility index (Phi) is 8.84. The molecule has 0 saturated carbocycles. The first kappa shape index (κ1) is 25.1. The van der Waals surface area contributed by atoms with Gasteiger partial charge in [0.2, 0.25) is 0 Å². The largest absolute Gasteiger partial charge is 0.416 e. The highest BCUT2D eigenvalue weighted by molar-refractivity contribution is 6.74. The topological polar surface area (TPSA) is 65.4 Å². The van der Waals surface area contributed by atoms with E-state index in [4.69, 9.17) is 16.0 Å². The number of nitrogens with zero attached hydrogens (tertiary/aromatic N) is 2. The van der Waals surface area contributed by atoms with Crippen molar-refractivity contribution in [2.24, 2.45) is 0 Å². The van der Waals surface area contributed by atoms with Gasteiger partial charge in [-0.05, 0) is 48.5 Å². The molecule has 0 aliphatic heterocycles. The third-order valence-corrected chi connectivity index (χ3v) is 10.5. The van der Waals surface area contributed by atoms with Gasteiger partial charge in [0.25, 0.3) is 5.91 Å². The molecule has 0 aliphatic carbocycles. The highest BCUT2D eigenvalue weighted by atomic mass is 35.5. The van der Waals surface area contributed by atoms with Crippen LogP contribution in [0.5, 0.6) is 0 Å². The second-order valence-electron chi connectivity index (χ2n) is 8.95. The van der Waals surface area contributed by atoms with E-state index in [2.05, 4.69) is 45.3 Å². The summed E-state index contributed by atoms with van der Waals surface area (Å²) in [6.07, 6.45) is 0. The van der Waals surface area contributed by atoms with E-state index in [9.17, 15) is 10.1 Å². The summed E-state index contributed by atoms with van der Waals surface area (Å²) in [5.74, 6) is -0.246. The van der Waals surface area contributed by atoms with Crippen LogP contribution >= 0.6 is 11.6 Å². The fourth-order valence-corrected chi connectivity index (χ4v) is 4.02. The number of carbonyl (C=O) groups excluding carboxylic acids is 1. The standard InChI is InChI=1S/C24H32ClN3O2Si/c1-24(2,3)31(4,5)30-16-14-27-13-15-28(21-9-7-6-8-10-21)23(29)22-17-20(25)12-11-19(22)18-26/h6-12,17,27H,13-16H2,1-5H3. The number of nitriles is 1. The number of amides is 1. The van der Waals surface area contributed by atoms with E-state index in [1.807, 2.05) is 30.3 Å². The van der Waals surface area contributed by atoms with E-state index in [0.717, 1.165) is 5.69 Å². The van der Waals surface area contributed by atoms with Crippen LogP contribution in [-0.2, 0) is 4.43 Å². The molecule has 1 N–H and O–H groups in total. The molecule has 0 heterocycles. The van der Waals surface area contributed by atoms with Crippen LogP contribution in [0.15, 0.2) is 48.5 Å². The zero-order chi connectivity index (χ0) is 23.1. The molecule has 0 atom stereocenters. The molecule has 166 valence electrons. The number of nitrogens with one attached hydrogen (secondary N) is 1. The number of carbonyl (C=O) groups is 1. The highest BCUT2D eigenvalue weighted by Crippen LogP contribution is 2.36. The van der Waals surface area contributed by atoms with Crippen molar-refractivity contribution in [1.29, 1.82) is 5.26 Å². The predicted octanol–water partition coefficient (Wildman–Crippen LogP) is 5.47. The molecule has 0 aliphatic rings. The lowest BCUT2D eigenvalue weighted by molar-refractivity contribution is 0.0987. The molecule has 1 amide bonds. The normalized spacial score (nSPS) is 11.8. The zero-order valence-electron chi connectivity index (χ0n) is 19.0. The molecule has 5 nitrogen and oxygen atoms in total. The molecule has 2 rings (SSSR count). The summed E-state index contributed by atoms with van der Waals surface area (Å²) < 4.78 is 6.19. The Morgan fingerprint density at radius 3 is 2.45 bits per heavy atom. The van der Waals surface area contributed by atoms with Gasteiger partial charge >= 0.3 is 0 Å². The van der Waals surface area contributed by atoms with Crippen molar-refractivity contribution in [2.75, 3.05) is 31.1 Å². The Morgan fingerprint density at radius 2 is 1.84 bits per heavy atom. The molecule has 2 aromatic rings. The Balaban J connectivity index is 2.04. The minimum Gasteiger partial charge on any atom is -0.416 e. The Bertz CT molecular complexity index is 921. The fourth-order valence-electron chi connectivity index (χ4n) is 2.80. The zero-order valence-corrected chi connectivity index (χ0v) is 20.8. The quantitative estimate of drug-likeness (QED) is 0.400. The van der Waals surface area contributed by atoms with E-state index < -0.39 is 8.32 Å². The van der Waals surface area contributed by atoms with E-state index in [1.165, 1.54) is 0 Å². The van der Waals surface area contributed by atoms with Gasteiger partial charge < -0.3 is 14.6 Å². The van der Waals surface area contributed by atoms with Gasteiger partial charge in [0.1, 0.15) is 0 Å². The molecule has 0 bridgehead atoms. The highest BCUT2D eigenvalue weighted by Gasteiger charge is 2.36. The minimum atomic E-state index is -1.77. The maximum Gasteiger partial charge on any atom is 0.259 e. The van der Waals surface area contributed by atoms with E-state index in [0.29, 0.717) is 42.4 Å². The predicted molar refractivity (Wildman–Crippen MR) is 130 cm³/mol. The third-order valence-electron chi connectivity index (χ3n) is 5.71. The van der Waals surface area contributed by atoms with Crippen molar-refractivity contribution in [1.82, 2.24) is 5.32 Å². The van der Waals surface area contributed by atoms with Crippen molar-refractivity contribution in [3.05, 3.63) is 64.7 Å². The van der Waals surface area contributed by atoms with Crippen LogP contribution < -0.4 is 10.2 Å². The fraction of sp³-hybridized carbons (Fsp3) is 0.417.